The molecule has 2 aromatic carbocycles. The van der Waals surface area contributed by atoms with Crippen molar-refractivity contribution in [2.45, 2.75) is 31.5 Å². The third kappa shape index (κ3) is 5.36. The molecule has 0 amide bonds. The predicted octanol–water partition coefficient (Wildman–Crippen LogP) is 5.08. The van der Waals surface area contributed by atoms with Gasteiger partial charge < -0.3 is 4.74 Å². The Balaban J connectivity index is 1.79. The van der Waals surface area contributed by atoms with Crippen molar-refractivity contribution in [2.75, 3.05) is 12.4 Å². The van der Waals surface area contributed by atoms with E-state index in [0.717, 1.165) is 34.3 Å². The van der Waals surface area contributed by atoms with Crippen molar-refractivity contribution in [1.82, 2.24) is 14.8 Å². The zero-order valence-electron chi connectivity index (χ0n) is 15.7. The van der Waals surface area contributed by atoms with Gasteiger partial charge in [-0.2, -0.15) is 0 Å². The highest BCUT2D eigenvalue weighted by atomic mass is 35.5. The van der Waals surface area contributed by atoms with Crippen LogP contribution in [0.25, 0.3) is 11.4 Å². The van der Waals surface area contributed by atoms with E-state index in [2.05, 4.69) is 26.9 Å². The van der Waals surface area contributed by atoms with Crippen LogP contribution in [0.1, 0.15) is 25.3 Å². The lowest BCUT2D eigenvalue weighted by molar-refractivity contribution is -0.143. The van der Waals surface area contributed by atoms with Crippen molar-refractivity contribution in [2.24, 2.45) is 0 Å². The summed E-state index contributed by atoms with van der Waals surface area (Å²) in [4.78, 5) is 11.5. The molecule has 0 bridgehead atoms. The summed E-state index contributed by atoms with van der Waals surface area (Å²) in [5.41, 5.74) is 2.01. The van der Waals surface area contributed by atoms with Crippen LogP contribution in [0.4, 0.5) is 0 Å². The minimum absolute atomic E-state index is 0.161. The number of carbonyl (C=O) groups excluding carboxylic acids is 1. The molecule has 0 radical (unpaired) electrons. The van der Waals surface area contributed by atoms with Crippen molar-refractivity contribution in [3.8, 4) is 11.4 Å². The molecule has 0 spiro atoms. The number of carbonyl (C=O) groups is 1. The van der Waals surface area contributed by atoms with Crippen LogP contribution < -0.4 is 0 Å². The van der Waals surface area contributed by atoms with E-state index in [1.165, 1.54) is 0 Å². The van der Waals surface area contributed by atoms with E-state index in [1.807, 2.05) is 49.4 Å². The zero-order chi connectivity index (χ0) is 19.8. The number of aromatic nitrogens is 3. The quantitative estimate of drug-likeness (QED) is 0.277. The summed E-state index contributed by atoms with van der Waals surface area (Å²) < 4.78 is 7.05. The highest BCUT2D eigenvalue weighted by Gasteiger charge is 2.17. The van der Waals surface area contributed by atoms with E-state index in [4.69, 9.17) is 16.3 Å². The summed E-state index contributed by atoms with van der Waals surface area (Å²) in [5.74, 6) is 1.34. The fourth-order valence-corrected chi connectivity index (χ4v) is 3.86. The topological polar surface area (TPSA) is 57.0 Å². The lowest BCUT2D eigenvalue weighted by atomic mass is 10.2. The monoisotopic (exact) mass is 415 g/mol. The Hall–Kier alpha value is -2.31. The first-order chi connectivity index (χ1) is 13.7. The molecular formula is C21H22ClN3O2S. The zero-order valence-corrected chi connectivity index (χ0v) is 17.2. The molecule has 0 aliphatic heterocycles. The Bertz CT molecular complexity index is 915. The average molecular weight is 416 g/mol. The summed E-state index contributed by atoms with van der Waals surface area (Å²) in [6, 6.07) is 17.8. The molecule has 146 valence electrons. The standard InChI is InChI=1S/C21H22ClN3O2S/c1-2-27-19(26)13-8-14-28-21-24-23-20(17-11-6-7-12-18(17)22)25(21)15-16-9-4-3-5-10-16/h3-7,9-12H,2,8,13-15H2,1H3. The second-order valence-corrected chi connectivity index (χ2v) is 7.58. The average Bonchev–Trinajstić information content (AvgIpc) is 3.09. The van der Waals surface area contributed by atoms with Crippen molar-refractivity contribution in [3.05, 3.63) is 65.2 Å². The second kappa shape index (κ2) is 10.3. The van der Waals surface area contributed by atoms with Gasteiger partial charge in [-0.05, 0) is 31.0 Å². The number of hydrogen-bond donors (Lipinski definition) is 0. The van der Waals surface area contributed by atoms with Gasteiger partial charge >= 0.3 is 5.97 Å². The molecule has 0 aliphatic carbocycles. The molecule has 0 atom stereocenters. The van der Waals surface area contributed by atoms with Crippen LogP contribution in [0.3, 0.4) is 0 Å². The predicted molar refractivity (Wildman–Crippen MR) is 113 cm³/mol. The molecule has 0 N–H and O–H groups in total. The SMILES string of the molecule is CCOC(=O)CCCSc1nnc(-c2ccccc2Cl)n1Cc1ccccc1. The molecular weight excluding hydrogens is 394 g/mol. The lowest BCUT2D eigenvalue weighted by Gasteiger charge is -2.11. The van der Waals surface area contributed by atoms with E-state index in [0.29, 0.717) is 24.6 Å². The van der Waals surface area contributed by atoms with Gasteiger partial charge in [0, 0.05) is 17.7 Å². The van der Waals surface area contributed by atoms with Gasteiger partial charge in [-0.3, -0.25) is 9.36 Å². The smallest absolute Gasteiger partial charge is 0.305 e. The van der Waals surface area contributed by atoms with Gasteiger partial charge in [-0.1, -0.05) is 65.8 Å². The van der Waals surface area contributed by atoms with E-state index in [1.54, 1.807) is 11.8 Å². The minimum Gasteiger partial charge on any atom is -0.466 e. The third-order valence-electron chi connectivity index (χ3n) is 4.08. The number of benzene rings is 2. The lowest BCUT2D eigenvalue weighted by Crippen LogP contribution is -2.06. The first-order valence-electron chi connectivity index (χ1n) is 9.19. The number of esters is 1. The summed E-state index contributed by atoms with van der Waals surface area (Å²) in [6.07, 6.45) is 1.13. The molecule has 0 unspecified atom stereocenters. The highest BCUT2D eigenvalue weighted by Crippen LogP contribution is 2.30. The van der Waals surface area contributed by atoms with E-state index in [-0.39, 0.29) is 5.97 Å². The van der Waals surface area contributed by atoms with Crippen molar-refractivity contribution in [1.29, 1.82) is 0 Å². The van der Waals surface area contributed by atoms with Crippen LogP contribution in [0.2, 0.25) is 5.02 Å². The molecule has 1 heterocycles. The number of rotatable bonds is 9. The first kappa shape index (κ1) is 20.4. The maximum absolute atomic E-state index is 11.5. The number of nitrogens with zero attached hydrogens (tertiary/aromatic N) is 3. The fourth-order valence-electron chi connectivity index (χ4n) is 2.76. The second-order valence-electron chi connectivity index (χ2n) is 6.11. The molecule has 0 aliphatic rings. The normalized spacial score (nSPS) is 10.8. The summed E-state index contributed by atoms with van der Waals surface area (Å²) in [6.45, 7) is 2.88. The minimum atomic E-state index is -0.161. The maximum Gasteiger partial charge on any atom is 0.305 e. The third-order valence-corrected chi connectivity index (χ3v) is 5.46. The van der Waals surface area contributed by atoms with Gasteiger partial charge in [0.2, 0.25) is 0 Å². The van der Waals surface area contributed by atoms with Crippen LogP contribution in [-0.2, 0) is 16.1 Å². The van der Waals surface area contributed by atoms with E-state index < -0.39 is 0 Å². The Morgan fingerprint density at radius 1 is 1.11 bits per heavy atom. The first-order valence-corrected chi connectivity index (χ1v) is 10.6. The number of hydrogen-bond acceptors (Lipinski definition) is 5. The number of thioether (sulfide) groups is 1. The summed E-state index contributed by atoms with van der Waals surface area (Å²) >= 11 is 7.98. The van der Waals surface area contributed by atoms with E-state index in [9.17, 15) is 4.79 Å². The number of halogens is 1. The Kier molecular flexibility index (Phi) is 7.51. The molecule has 0 fully saturated rings. The molecule has 28 heavy (non-hydrogen) atoms. The Morgan fingerprint density at radius 2 is 1.86 bits per heavy atom. The van der Waals surface area contributed by atoms with Gasteiger partial charge in [-0.25, -0.2) is 0 Å². The molecule has 1 aromatic heterocycles. The maximum atomic E-state index is 11.5. The summed E-state index contributed by atoms with van der Waals surface area (Å²) in [5, 5.41) is 10.2. The van der Waals surface area contributed by atoms with Gasteiger partial charge in [0.1, 0.15) is 0 Å². The van der Waals surface area contributed by atoms with Crippen molar-refractivity contribution in [3.63, 3.8) is 0 Å². The van der Waals surface area contributed by atoms with Gasteiger partial charge in [0.05, 0.1) is 18.2 Å². The van der Waals surface area contributed by atoms with Crippen molar-refractivity contribution >= 4 is 29.3 Å². The van der Waals surface area contributed by atoms with Gasteiger partial charge in [0.25, 0.3) is 0 Å². The molecule has 3 aromatic rings. The molecule has 0 saturated carbocycles. The summed E-state index contributed by atoms with van der Waals surface area (Å²) in [7, 11) is 0. The Labute approximate surface area is 174 Å². The molecule has 3 rings (SSSR count). The largest absolute Gasteiger partial charge is 0.466 e. The number of ether oxygens (including phenoxy) is 1. The van der Waals surface area contributed by atoms with Gasteiger partial charge in [-0.15, -0.1) is 10.2 Å². The van der Waals surface area contributed by atoms with Crippen LogP contribution in [-0.4, -0.2) is 33.1 Å². The molecule has 5 nitrogen and oxygen atoms in total. The van der Waals surface area contributed by atoms with E-state index >= 15 is 0 Å². The molecule has 0 saturated heterocycles. The molecule has 7 heteroatoms. The van der Waals surface area contributed by atoms with Crippen LogP contribution in [0.15, 0.2) is 59.8 Å². The van der Waals surface area contributed by atoms with Crippen molar-refractivity contribution < 1.29 is 9.53 Å². The highest BCUT2D eigenvalue weighted by molar-refractivity contribution is 7.99. The fraction of sp³-hybridized carbons (Fsp3) is 0.286. The van der Waals surface area contributed by atoms with Crippen LogP contribution in [0.5, 0.6) is 0 Å². The van der Waals surface area contributed by atoms with Gasteiger partial charge in [0.15, 0.2) is 11.0 Å². The van der Waals surface area contributed by atoms with Crippen LogP contribution in [0, 0.1) is 0 Å². The Morgan fingerprint density at radius 3 is 2.61 bits per heavy atom. The van der Waals surface area contributed by atoms with Crippen LogP contribution >= 0.6 is 23.4 Å².